The summed E-state index contributed by atoms with van der Waals surface area (Å²) in [6.07, 6.45) is 1.24. The second kappa shape index (κ2) is 14.7. The van der Waals surface area contributed by atoms with Crippen LogP contribution in [0.15, 0.2) is 5.16 Å². The molecule has 5 nitrogen and oxygen atoms in total. The fraction of sp³-hybridized carbons (Fsp3) is 0.833. The fourth-order valence-corrected chi connectivity index (χ4v) is 1.42. The van der Waals surface area contributed by atoms with Crippen molar-refractivity contribution in [3.8, 4) is 0 Å². The number of oxime groups is 1. The van der Waals surface area contributed by atoms with Crippen molar-refractivity contribution in [2.75, 3.05) is 31.2 Å². The van der Waals surface area contributed by atoms with Gasteiger partial charge >= 0.3 is 5.97 Å². The Balaban J connectivity index is 0. The topological polar surface area (TPSA) is 62.1 Å². The highest BCUT2D eigenvalue weighted by Crippen LogP contribution is 1.99. The highest BCUT2D eigenvalue weighted by molar-refractivity contribution is 14.1. The molecule has 0 saturated heterocycles. The van der Waals surface area contributed by atoms with E-state index in [2.05, 4.69) is 46.5 Å². The maximum absolute atomic E-state index is 11.3. The Hall–Kier alpha value is -0.370. The Kier molecular flexibility index (Phi) is 16.3. The predicted molar refractivity (Wildman–Crippen MR) is 82.8 cm³/mol. The Labute approximate surface area is 124 Å². The van der Waals surface area contributed by atoms with Gasteiger partial charge in [-0.3, -0.25) is 0 Å². The molecule has 0 spiro atoms. The van der Waals surface area contributed by atoms with Crippen LogP contribution in [0.25, 0.3) is 0 Å². The van der Waals surface area contributed by atoms with Gasteiger partial charge in [0, 0.05) is 6.42 Å². The summed E-state index contributed by atoms with van der Waals surface area (Å²) < 4.78 is 4.76. The predicted octanol–water partition coefficient (Wildman–Crippen LogP) is 2.55. The molecule has 18 heavy (non-hydrogen) atoms. The van der Waals surface area contributed by atoms with Gasteiger partial charge in [-0.25, -0.2) is 4.79 Å². The van der Waals surface area contributed by atoms with Crippen molar-refractivity contribution in [3.63, 3.8) is 0 Å². The fourth-order valence-electron chi connectivity index (χ4n) is 1.42. The highest BCUT2D eigenvalue weighted by Gasteiger charge is 2.13. The second-order valence-electron chi connectivity index (χ2n) is 3.40. The van der Waals surface area contributed by atoms with Gasteiger partial charge in [-0.15, -0.1) is 0 Å². The molecule has 0 aliphatic heterocycles. The van der Waals surface area contributed by atoms with Crippen molar-refractivity contribution < 1.29 is 14.7 Å². The molecule has 0 aromatic heterocycles. The van der Waals surface area contributed by atoms with E-state index in [1.165, 1.54) is 0 Å². The van der Waals surface area contributed by atoms with Crippen molar-refractivity contribution in [2.24, 2.45) is 5.16 Å². The molecule has 0 radical (unpaired) electrons. The van der Waals surface area contributed by atoms with E-state index in [1.54, 1.807) is 6.92 Å². The van der Waals surface area contributed by atoms with Crippen LogP contribution in [-0.2, 0) is 9.53 Å². The number of carbonyl (C=O) groups is 1. The summed E-state index contributed by atoms with van der Waals surface area (Å²) in [5, 5.41) is 11.7. The Bertz CT molecular complexity index is 231. The molecule has 0 bridgehead atoms. The standard InChI is InChI=1S/C11H22N2O3.CH3I/c1-4-13(5-2)9-7-8-10(12-15)11(14)16-6-3;1-2/h15H,4-9H2,1-3H3;1H3/b12-10-;. The van der Waals surface area contributed by atoms with Gasteiger partial charge in [-0.2, -0.15) is 0 Å². The van der Waals surface area contributed by atoms with Crippen molar-refractivity contribution in [1.29, 1.82) is 0 Å². The first-order valence-corrected chi connectivity index (χ1v) is 8.33. The monoisotopic (exact) mass is 372 g/mol. The van der Waals surface area contributed by atoms with Crippen LogP contribution in [0, 0.1) is 0 Å². The van der Waals surface area contributed by atoms with E-state index in [4.69, 9.17) is 9.94 Å². The van der Waals surface area contributed by atoms with Gasteiger partial charge in [-0.05, 0) is 37.9 Å². The summed E-state index contributed by atoms with van der Waals surface area (Å²) in [5.74, 6) is -0.524. The molecule has 0 amide bonds. The molecule has 0 aromatic rings. The van der Waals surface area contributed by atoms with E-state index < -0.39 is 5.97 Å². The number of nitrogens with zero attached hydrogens (tertiary/aromatic N) is 2. The van der Waals surface area contributed by atoms with Crippen LogP contribution in [0.2, 0.25) is 0 Å². The summed E-state index contributed by atoms with van der Waals surface area (Å²) in [7, 11) is 0. The minimum Gasteiger partial charge on any atom is -0.461 e. The molecule has 0 saturated carbocycles. The Morgan fingerprint density at radius 3 is 2.22 bits per heavy atom. The molecule has 108 valence electrons. The number of carbonyl (C=O) groups excluding carboxylic acids is 1. The smallest absolute Gasteiger partial charge is 0.356 e. The van der Waals surface area contributed by atoms with Crippen LogP contribution < -0.4 is 0 Å². The molecule has 0 rings (SSSR count). The Morgan fingerprint density at radius 2 is 1.83 bits per heavy atom. The molecule has 0 atom stereocenters. The molecule has 0 aliphatic rings. The van der Waals surface area contributed by atoms with E-state index in [0.717, 1.165) is 26.1 Å². The van der Waals surface area contributed by atoms with Crippen LogP contribution >= 0.6 is 22.6 Å². The van der Waals surface area contributed by atoms with Crippen molar-refractivity contribution in [2.45, 2.75) is 33.6 Å². The largest absolute Gasteiger partial charge is 0.461 e. The van der Waals surface area contributed by atoms with Crippen LogP contribution in [0.3, 0.4) is 0 Å². The summed E-state index contributed by atoms with van der Waals surface area (Å²) >= 11 is 2.15. The third kappa shape index (κ3) is 9.64. The number of ether oxygens (including phenoxy) is 1. The van der Waals surface area contributed by atoms with E-state index in [0.29, 0.717) is 13.0 Å². The van der Waals surface area contributed by atoms with Gasteiger partial charge in [0.05, 0.1) is 6.61 Å². The van der Waals surface area contributed by atoms with Crippen molar-refractivity contribution in [3.05, 3.63) is 0 Å². The summed E-state index contributed by atoms with van der Waals surface area (Å²) in [4.78, 5) is 15.5. The van der Waals surface area contributed by atoms with Gasteiger partial charge in [0.1, 0.15) is 0 Å². The first-order valence-electron chi connectivity index (χ1n) is 6.17. The lowest BCUT2D eigenvalue weighted by atomic mass is 10.2. The van der Waals surface area contributed by atoms with Crippen LogP contribution in [-0.4, -0.2) is 53.0 Å². The maximum Gasteiger partial charge on any atom is 0.356 e. The zero-order valence-electron chi connectivity index (χ0n) is 11.8. The van der Waals surface area contributed by atoms with Crippen LogP contribution in [0.4, 0.5) is 0 Å². The lowest BCUT2D eigenvalue weighted by Crippen LogP contribution is -2.25. The van der Waals surface area contributed by atoms with Crippen LogP contribution in [0.5, 0.6) is 0 Å². The maximum atomic E-state index is 11.3. The molecule has 0 unspecified atom stereocenters. The quantitative estimate of drug-likeness (QED) is 0.178. The molecule has 6 heteroatoms. The first-order chi connectivity index (χ1) is 8.69. The minimum atomic E-state index is -0.524. The SMILES string of the molecule is CCOC(=O)/C(CCCN(CC)CC)=N\O.CI. The van der Waals surface area contributed by atoms with Gasteiger partial charge in [0.15, 0.2) is 5.71 Å². The number of hydrogen-bond donors (Lipinski definition) is 1. The lowest BCUT2D eigenvalue weighted by molar-refractivity contribution is -0.135. The molecular weight excluding hydrogens is 347 g/mol. The van der Waals surface area contributed by atoms with Crippen molar-refractivity contribution >= 4 is 34.3 Å². The summed E-state index contributed by atoms with van der Waals surface area (Å²) in [6.45, 7) is 9.08. The van der Waals surface area contributed by atoms with E-state index >= 15 is 0 Å². The highest BCUT2D eigenvalue weighted by atomic mass is 127. The zero-order chi connectivity index (χ0) is 14.4. The summed E-state index contributed by atoms with van der Waals surface area (Å²) in [6, 6.07) is 0. The van der Waals surface area contributed by atoms with E-state index in [9.17, 15) is 4.79 Å². The molecule has 0 fully saturated rings. The number of alkyl halides is 1. The zero-order valence-corrected chi connectivity index (χ0v) is 13.9. The average molecular weight is 372 g/mol. The van der Waals surface area contributed by atoms with E-state index in [-0.39, 0.29) is 5.71 Å². The Morgan fingerprint density at radius 1 is 1.28 bits per heavy atom. The third-order valence-corrected chi connectivity index (χ3v) is 2.41. The van der Waals surface area contributed by atoms with Gasteiger partial charge < -0.3 is 14.8 Å². The number of halogens is 1. The number of esters is 1. The van der Waals surface area contributed by atoms with Gasteiger partial charge in [-0.1, -0.05) is 41.6 Å². The minimum absolute atomic E-state index is 0.106. The van der Waals surface area contributed by atoms with Crippen LogP contribution in [0.1, 0.15) is 33.6 Å². The second-order valence-corrected chi connectivity index (χ2v) is 3.40. The molecule has 0 heterocycles. The molecule has 1 N–H and O–H groups in total. The molecular formula is C12H25IN2O3. The van der Waals surface area contributed by atoms with E-state index in [1.807, 2.05) is 4.93 Å². The summed E-state index contributed by atoms with van der Waals surface area (Å²) in [5.41, 5.74) is 0.106. The molecule has 0 aromatic carbocycles. The lowest BCUT2D eigenvalue weighted by Gasteiger charge is -2.17. The number of hydrogen-bond acceptors (Lipinski definition) is 5. The third-order valence-electron chi connectivity index (χ3n) is 2.41. The average Bonchev–Trinajstić information content (AvgIpc) is 2.41. The molecule has 0 aliphatic carbocycles. The first kappa shape index (κ1) is 20.0. The van der Waals surface area contributed by atoms with Crippen molar-refractivity contribution in [1.82, 2.24) is 4.90 Å². The van der Waals surface area contributed by atoms with Gasteiger partial charge in [0.25, 0.3) is 0 Å². The number of rotatable bonds is 8. The van der Waals surface area contributed by atoms with Gasteiger partial charge in [0.2, 0.25) is 0 Å². The normalized spacial score (nSPS) is 10.9.